The summed E-state index contributed by atoms with van der Waals surface area (Å²) in [5.74, 6) is 0.551. The zero-order valence-electron chi connectivity index (χ0n) is 16.7. The molecule has 3 aromatic heterocycles. The highest BCUT2D eigenvalue weighted by molar-refractivity contribution is 5.92. The third kappa shape index (κ3) is 3.43. The first-order chi connectivity index (χ1) is 14.7. The molecule has 0 radical (unpaired) electrons. The number of nitrogens with zero attached hydrogens (tertiary/aromatic N) is 7. The quantitative estimate of drug-likeness (QED) is 0.551. The van der Waals surface area contributed by atoms with Gasteiger partial charge in [0.25, 0.3) is 5.91 Å². The van der Waals surface area contributed by atoms with Crippen molar-refractivity contribution >= 4 is 28.4 Å². The van der Waals surface area contributed by atoms with E-state index in [0.717, 1.165) is 48.7 Å². The number of pyridine rings is 1. The van der Waals surface area contributed by atoms with E-state index in [1.807, 2.05) is 42.5 Å². The highest BCUT2D eigenvalue weighted by Gasteiger charge is 2.23. The Morgan fingerprint density at radius 2 is 1.83 bits per heavy atom. The molecule has 4 aromatic rings. The molecule has 152 valence electrons. The van der Waals surface area contributed by atoms with Gasteiger partial charge in [-0.2, -0.15) is 4.98 Å². The van der Waals surface area contributed by atoms with Gasteiger partial charge < -0.3 is 15.1 Å². The normalized spacial score (nSPS) is 15.0. The lowest BCUT2D eigenvalue weighted by atomic mass is 10.3. The fourth-order valence-electron chi connectivity index (χ4n) is 3.61. The number of piperazine rings is 1. The highest BCUT2D eigenvalue weighted by atomic mass is 16.2. The van der Waals surface area contributed by atoms with Crippen molar-refractivity contribution in [3.63, 3.8) is 0 Å². The van der Waals surface area contributed by atoms with Crippen LogP contribution in [0.5, 0.6) is 0 Å². The minimum absolute atomic E-state index is 0.125. The molecule has 1 N–H and O–H groups in total. The molecule has 30 heavy (non-hydrogen) atoms. The predicted octanol–water partition coefficient (Wildman–Crippen LogP) is 1.35. The SMILES string of the molecule is CN1CCN(c2nc3ccccc3n3nc(C(=O)NCc4ccccn4)nc23)CC1. The summed E-state index contributed by atoms with van der Waals surface area (Å²) in [5.41, 5.74) is 3.02. The van der Waals surface area contributed by atoms with E-state index in [1.165, 1.54) is 0 Å². The summed E-state index contributed by atoms with van der Waals surface area (Å²) in [7, 11) is 2.11. The second kappa shape index (κ2) is 7.68. The van der Waals surface area contributed by atoms with Crippen molar-refractivity contribution in [3.8, 4) is 0 Å². The van der Waals surface area contributed by atoms with Gasteiger partial charge in [-0.25, -0.2) is 9.50 Å². The van der Waals surface area contributed by atoms with Gasteiger partial charge in [-0.3, -0.25) is 9.78 Å². The molecule has 1 aromatic carbocycles. The molecule has 1 saturated heterocycles. The summed E-state index contributed by atoms with van der Waals surface area (Å²) in [6.07, 6.45) is 1.70. The average Bonchev–Trinajstić information content (AvgIpc) is 3.24. The number of aromatic nitrogens is 5. The van der Waals surface area contributed by atoms with Crippen molar-refractivity contribution < 1.29 is 4.79 Å². The molecule has 1 aliphatic heterocycles. The number of anilines is 1. The van der Waals surface area contributed by atoms with Crippen LogP contribution in [0.3, 0.4) is 0 Å². The lowest BCUT2D eigenvalue weighted by molar-refractivity contribution is 0.0940. The van der Waals surface area contributed by atoms with Gasteiger partial charge in [-0.05, 0) is 31.3 Å². The van der Waals surface area contributed by atoms with E-state index in [2.05, 4.69) is 37.2 Å². The minimum Gasteiger partial charge on any atom is -0.351 e. The van der Waals surface area contributed by atoms with Gasteiger partial charge in [0.2, 0.25) is 5.82 Å². The van der Waals surface area contributed by atoms with E-state index in [0.29, 0.717) is 12.2 Å². The van der Waals surface area contributed by atoms with Gasteiger partial charge in [0.1, 0.15) is 0 Å². The number of amides is 1. The van der Waals surface area contributed by atoms with Crippen molar-refractivity contribution in [1.82, 2.24) is 34.8 Å². The second-order valence-corrected chi connectivity index (χ2v) is 7.39. The summed E-state index contributed by atoms with van der Waals surface area (Å²) >= 11 is 0. The highest BCUT2D eigenvalue weighted by Crippen LogP contribution is 2.24. The van der Waals surface area contributed by atoms with Crippen LogP contribution in [0.4, 0.5) is 5.82 Å². The van der Waals surface area contributed by atoms with Crippen molar-refractivity contribution in [3.05, 3.63) is 60.2 Å². The molecule has 1 aliphatic rings. The molecule has 0 spiro atoms. The standard InChI is InChI=1S/C21H22N8O/c1-27-10-12-28(13-11-27)19-20-25-18(21(30)23-14-15-6-4-5-9-22-15)26-29(20)17-8-3-2-7-16(17)24-19/h2-9H,10-14H2,1H3,(H,23,30). The van der Waals surface area contributed by atoms with Crippen LogP contribution in [0.15, 0.2) is 48.7 Å². The molecule has 0 aliphatic carbocycles. The van der Waals surface area contributed by atoms with Crippen molar-refractivity contribution in [2.75, 3.05) is 38.1 Å². The lowest BCUT2D eigenvalue weighted by Gasteiger charge is -2.33. The zero-order valence-corrected chi connectivity index (χ0v) is 16.7. The number of hydrogen-bond acceptors (Lipinski definition) is 7. The van der Waals surface area contributed by atoms with Crippen molar-refractivity contribution in [2.24, 2.45) is 0 Å². The monoisotopic (exact) mass is 402 g/mol. The molecular weight excluding hydrogens is 380 g/mol. The lowest BCUT2D eigenvalue weighted by Crippen LogP contribution is -2.45. The van der Waals surface area contributed by atoms with Crippen LogP contribution in [0.1, 0.15) is 16.3 Å². The first-order valence-electron chi connectivity index (χ1n) is 9.96. The van der Waals surface area contributed by atoms with E-state index in [1.54, 1.807) is 10.7 Å². The summed E-state index contributed by atoms with van der Waals surface area (Å²) < 4.78 is 1.73. The van der Waals surface area contributed by atoms with Crippen LogP contribution >= 0.6 is 0 Å². The number of carbonyl (C=O) groups is 1. The van der Waals surface area contributed by atoms with Crippen LogP contribution in [-0.4, -0.2) is 68.6 Å². The predicted molar refractivity (Wildman–Crippen MR) is 113 cm³/mol. The molecule has 9 heteroatoms. The number of rotatable bonds is 4. The number of fused-ring (bicyclic) bond motifs is 3. The summed E-state index contributed by atoms with van der Waals surface area (Å²) in [6, 6.07) is 13.4. The first kappa shape index (κ1) is 18.4. The number of benzene rings is 1. The number of carbonyl (C=O) groups excluding carboxylic acids is 1. The third-order valence-corrected chi connectivity index (χ3v) is 5.31. The number of likely N-dealkylation sites (N-methyl/N-ethyl adjacent to an activating group) is 1. The molecule has 5 rings (SSSR count). The van der Waals surface area contributed by atoms with E-state index >= 15 is 0 Å². The van der Waals surface area contributed by atoms with Crippen LogP contribution in [0.25, 0.3) is 16.7 Å². The smallest absolute Gasteiger partial charge is 0.291 e. The molecule has 0 unspecified atom stereocenters. The van der Waals surface area contributed by atoms with Gasteiger partial charge in [0.15, 0.2) is 11.5 Å². The molecule has 9 nitrogen and oxygen atoms in total. The largest absolute Gasteiger partial charge is 0.351 e. The van der Waals surface area contributed by atoms with Crippen LogP contribution in [0.2, 0.25) is 0 Å². The second-order valence-electron chi connectivity index (χ2n) is 7.39. The maximum atomic E-state index is 12.7. The van der Waals surface area contributed by atoms with E-state index in [-0.39, 0.29) is 11.7 Å². The van der Waals surface area contributed by atoms with E-state index in [4.69, 9.17) is 4.98 Å². The Bertz CT molecular complexity index is 1200. The van der Waals surface area contributed by atoms with Gasteiger partial charge in [-0.15, -0.1) is 5.10 Å². The molecule has 1 fully saturated rings. The molecule has 0 saturated carbocycles. The Kier molecular flexibility index (Phi) is 4.72. The number of para-hydroxylation sites is 2. The topological polar surface area (TPSA) is 91.5 Å². The summed E-state index contributed by atoms with van der Waals surface area (Å²) in [5, 5.41) is 7.37. The zero-order chi connectivity index (χ0) is 20.5. The van der Waals surface area contributed by atoms with E-state index < -0.39 is 0 Å². The fourth-order valence-corrected chi connectivity index (χ4v) is 3.61. The Morgan fingerprint density at radius 3 is 2.63 bits per heavy atom. The van der Waals surface area contributed by atoms with Crippen LogP contribution < -0.4 is 10.2 Å². The van der Waals surface area contributed by atoms with Crippen molar-refractivity contribution in [2.45, 2.75) is 6.54 Å². The summed E-state index contributed by atoms with van der Waals surface area (Å²) in [6.45, 7) is 3.93. The van der Waals surface area contributed by atoms with Gasteiger partial charge >= 0.3 is 0 Å². The van der Waals surface area contributed by atoms with Crippen LogP contribution in [0, 0.1) is 0 Å². The average molecular weight is 402 g/mol. The van der Waals surface area contributed by atoms with Crippen LogP contribution in [-0.2, 0) is 6.54 Å². The Balaban J connectivity index is 1.52. The van der Waals surface area contributed by atoms with Gasteiger partial charge in [-0.1, -0.05) is 18.2 Å². The first-order valence-corrected chi connectivity index (χ1v) is 9.96. The number of hydrogen-bond donors (Lipinski definition) is 1. The van der Waals surface area contributed by atoms with Gasteiger partial charge in [0, 0.05) is 32.4 Å². The van der Waals surface area contributed by atoms with E-state index in [9.17, 15) is 4.79 Å². The summed E-state index contributed by atoms with van der Waals surface area (Å²) in [4.78, 5) is 30.9. The maximum Gasteiger partial charge on any atom is 0.291 e. The molecule has 0 bridgehead atoms. The minimum atomic E-state index is -0.335. The Hall–Kier alpha value is -3.59. The number of nitrogens with one attached hydrogen (secondary N) is 1. The van der Waals surface area contributed by atoms with Crippen molar-refractivity contribution in [1.29, 1.82) is 0 Å². The Morgan fingerprint density at radius 1 is 1.03 bits per heavy atom. The Labute approximate surface area is 173 Å². The third-order valence-electron chi connectivity index (χ3n) is 5.31. The molecular formula is C21H22N8O. The fraction of sp³-hybridized carbons (Fsp3) is 0.286. The molecule has 0 atom stereocenters. The molecule has 1 amide bonds. The molecule has 4 heterocycles. The van der Waals surface area contributed by atoms with Gasteiger partial charge in [0.05, 0.1) is 23.3 Å². The maximum absolute atomic E-state index is 12.7.